The number of nitrogens with one attached hydrogen (secondary N) is 1. The van der Waals surface area contributed by atoms with Crippen LogP contribution in [-0.2, 0) is 38.1 Å². The smallest absolute Gasteiger partial charge is 0.344 e. The maximum atomic E-state index is 15.3. The van der Waals surface area contributed by atoms with Crippen molar-refractivity contribution in [3.63, 3.8) is 0 Å². The van der Waals surface area contributed by atoms with E-state index in [1.807, 2.05) is 4.90 Å². The molecule has 0 saturated carbocycles. The van der Waals surface area contributed by atoms with E-state index in [1.165, 1.54) is 89.0 Å². The highest BCUT2D eigenvalue weighted by Gasteiger charge is 2.44. The van der Waals surface area contributed by atoms with E-state index in [1.54, 1.807) is 33.8 Å². The SMILES string of the molecule is COC1C=COC2(C)Oc3c(C)c(O)c4c(=O)c(c5oc6cc(N7CCN(CC(C)C)CC7)cc(=O)c6nc5c4c3=C2O)NC(=O)C(COC(=O)COC(=O)c2ccncc2)=CC=CC(C)C(O)C(C)C(O)C(C)C(OC(C)=O)C1C. The van der Waals surface area contributed by atoms with Crippen LogP contribution in [0, 0.1) is 36.5 Å². The number of amides is 1. The van der Waals surface area contributed by atoms with Gasteiger partial charge >= 0.3 is 23.7 Å². The lowest BCUT2D eigenvalue weighted by atomic mass is 9.78. The molecule has 9 unspecified atom stereocenters. The van der Waals surface area contributed by atoms with Gasteiger partial charge in [0.05, 0.1) is 46.3 Å². The molecular formula is C59H69N5O17. The Bertz CT molecular complexity index is 3520. The van der Waals surface area contributed by atoms with Gasteiger partial charge in [-0.15, -0.1) is 0 Å². The number of aromatic nitrogens is 2. The molecule has 4 aliphatic heterocycles. The number of piperazine rings is 1. The number of fused-ring (bicyclic) bond motifs is 14. The van der Waals surface area contributed by atoms with Crippen molar-refractivity contribution in [2.24, 2.45) is 29.6 Å². The van der Waals surface area contributed by atoms with E-state index in [2.05, 4.69) is 29.0 Å². The summed E-state index contributed by atoms with van der Waals surface area (Å²) in [6.45, 7) is 16.9. The van der Waals surface area contributed by atoms with Crippen LogP contribution in [0.15, 0.2) is 86.8 Å². The number of phenols is 1. The lowest BCUT2D eigenvalue weighted by molar-refractivity contribution is -0.160. The molecule has 9 rings (SSSR count). The first-order valence-corrected chi connectivity index (χ1v) is 26.8. The molecule has 0 spiro atoms. The first kappa shape index (κ1) is 59.2. The second-order valence-corrected chi connectivity index (χ2v) is 21.5. The third-order valence-electron chi connectivity index (χ3n) is 15.3. The van der Waals surface area contributed by atoms with E-state index in [0.29, 0.717) is 24.7 Å². The van der Waals surface area contributed by atoms with Crippen molar-refractivity contribution in [1.82, 2.24) is 14.9 Å². The number of nitrogens with zero attached hydrogens (tertiary/aromatic N) is 4. The van der Waals surface area contributed by atoms with Crippen LogP contribution in [0.5, 0.6) is 11.5 Å². The number of benzene rings is 3. The number of aliphatic hydroxyl groups excluding tert-OH is 3. The summed E-state index contributed by atoms with van der Waals surface area (Å²) >= 11 is 0. The number of aliphatic hydroxyl groups is 3. The summed E-state index contributed by atoms with van der Waals surface area (Å²) in [5, 5.41) is 49.7. The number of pyridine rings is 1. The molecule has 3 aromatic carbocycles. The average molecular weight is 1120 g/mol. The van der Waals surface area contributed by atoms with Crippen LogP contribution in [-0.4, -0.2) is 142 Å². The van der Waals surface area contributed by atoms with Gasteiger partial charge in [-0.05, 0) is 31.1 Å². The fourth-order valence-corrected chi connectivity index (χ4v) is 10.7. The van der Waals surface area contributed by atoms with Crippen LogP contribution >= 0.6 is 0 Å². The number of allylic oxidation sites excluding steroid dienone is 2. The standard InChI is InChI=1S/C59H69N5O17/c1-29(2)26-63-19-21-64(22-20-63)38-24-39(66)46-41(25-38)80-55-47(61-46)43-44-51(70)34(7)54-45(43)56(72)59(9,81-54)78-23-16-40(75-10)31(4)53(79-35(8)65)33(6)50(69)32(5)49(68)30(3)12-11-13-37(57(73)62-48(55)52(44)71)27-76-42(67)28-77-58(74)36-14-17-60-18-15-36/h11-18,23-25,29-33,40,49-50,53,68-70,72H,19-22,26-28H2,1-10H3,(H,62,73). The van der Waals surface area contributed by atoms with E-state index in [-0.39, 0.29) is 55.3 Å². The van der Waals surface area contributed by atoms with Crippen LogP contribution in [0.1, 0.15) is 71.3 Å². The molecular weight excluding hydrogens is 1050 g/mol. The van der Waals surface area contributed by atoms with E-state index in [4.69, 9.17) is 37.8 Å². The Hall–Kier alpha value is -7.92. The fourth-order valence-electron chi connectivity index (χ4n) is 10.7. The maximum absolute atomic E-state index is 15.3. The molecule has 9 atom stereocenters. The lowest BCUT2D eigenvalue weighted by Crippen LogP contribution is -2.47. The van der Waals surface area contributed by atoms with E-state index in [9.17, 15) is 44.4 Å². The van der Waals surface area contributed by atoms with Gasteiger partial charge in [0.1, 0.15) is 35.4 Å². The maximum Gasteiger partial charge on any atom is 0.344 e. The molecule has 432 valence electrons. The van der Waals surface area contributed by atoms with Crippen LogP contribution in [0.3, 0.4) is 0 Å². The highest BCUT2D eigenvalue weighted by atomic mass is 16.7. The number of aromatic hydroxyl groups is 1. The van der Waals surface area contributed by atoms with Crippen molar-refractivity contribution in [3.05, 3.63) is 110 Å². The highest BCUT2D eigenvalue weighted by Crippen LogP contribution is 2.42. The lowest BCUT2D eigenvalue weighted by Gasteiger charge is -2.38. The zero-order chi connectivity index (χ0) is 58.8. The highest BCUT2D eigenvalue weighted by molar-refractivity contribution is 6.17. The Labute approximate surface area is 466 Å². The molecule has 1 fully saturated rings. The Kier molecular flexibility index (Phi) is 17.9. The van der Waals surface area contributed by atoms with Gasteiger partial charge in [0.15, 0.2) is 29.0 Å². The van der Waals surface area contributed by atoms with Crippen LogP contribution < -0.4 is 31.0 Å². The molecule has 0 aliphatic carbocycles. The number of hydrogen-bond donors (Lipinski definition) is 5. The second kappa shape index (κ2) is 24.4. The molecule has 81 heavy (non-hydrogen) atoms. The summed E-state index contributed by atoms with van der Waals surface area (Å²) in [6, 6.07) is 5.80. The first-order valence-electron chi connectivity index (χ1n) is 26.8. The van der Waals surface area contributed by atoms with Crippen LogP contribution in [0.4, 0.5) is 11.4 Å². The summed E-state index contributed by atoms with van der Waals surface area (Å²) < 4.78 is 41.3. The molecule has 2 aromatic heterocycles. The van der Waals surface area contributed by atoms with Crippen LogP contribution in [0.25, 0.3) is 38.7 Å². The number of carbonyl (C=O) groups excluding carboxylic acids is 4. The summed E-state index contributed by atoms with van der Waals surface area (Å²) in [5.41, 5.74) is -2.77. The molecule has 5 aromatic rings. The van der Waals surface area contributed by atoms with Gasteiger partial charge in [0, 0.05) is 119 Å². The number of anilines is 2. The summed E-state index contributed by atoms with van der Waals surface area (Å²) in [5.74, 6) is -9.63. The predicted molar refractivity (Wildman–Crippen MR) is 298 cm³/mol. The van der Waals surface area contributed by atoms with E-state index in [0.717, 1.165) is 19.6 Å². The summed E-state index contributed by atoms with van der Waals surface area (Å²) in [7, 11) is 1.41. The third kappa shape index (κ3) is 12.2. The van der Waals surface area contributed by atoms with Gasteiger partial charge in [0.25, 0.3) is 5.91 Å². The molecule has 0 radical (unpaired) electrons. The van der Waals surface area contributed by atoms with Crippen molar-refractivity contribution in [3.8, 4) is 11.5 Å². The Morgan fingerprint density at radius 1 is 0.914 bits per heavy atom. The quantitative estimate of drug-likeness (QED) is 0.0525. The van der Waals surface area contributed by atoms with E-state index < -0.39 is 124 Å². The van der Waals surface area contributed by atoms with Gasteiger partial charge in [0.2, 0.25) is 10.9 Å². The van der Waals surface area contributed by atoms with Crippen molar-refractivity contribution in [2.75, 3.05) is 63.3 Å². The molecule has 1 amide bonds. The Morgan fingerprint density at radius 2 is 1.62 bits per heavy atom. The zero-order valence-corrected chi connectivity index (χ0v) is 46.9. The number of phenolic OH excluding ortho intramolecular Hbond substituents is 1. The van der Waals surface area contributed by atoms with Gasteiger partial charge in [-0.2, -0.15) is 0 Å². The minimum absolute atomic E-state index is 0.0343. The molecule has 6 heterocycles. The topological polar surface area (TPSA) is 296 Å². The minimum atomic E-state index is -2.07. The third-order valence-corrected chi connectivity index (χ3v) is 15.3. The first-order chi connectivity index (χ1) is 38.4. The predicted octanol–water partition coefficient (Wildman–Crippen LogP) is 5.11. The normalized spacial score (nSPS) is 25.0. The monoisotopic (exact) mass is 1120 g/mol. The molecule has 1 saturated heterocycles. The molecule has 5 bridgehead atoms. The van der Waals surface area contributed by atoms with Gasteiger partial charge < -0.3 is 63.5 Å². The van der Waals surface area contributed by atoms with Crippen LogP contribution in [0.2, 0.25) is 0 Å². The number of hydrogen-bond acceptors (Lipinski definition) is 21. The number of carbonyl (C=O) groups is 4. The van der Waals surface area contributed by atoms with Gasteiger partial charge in [-0.25, -0.2) is 14.6 Å². The number of ether oxygens (including phenoxy) is 6. The van der Waals surface area contributed by atoms with Crippen molar-refractivity contribution in [2.45, 2.75) is 92.5 Å². The van der Waals surface area contributed by atoms with Crippen molar-refractivity contribution >= 4 is 73.9 Å². The average Bonchev–Trinajstić information content (AvgIpc) is 3.92. The molecule has 4 aliphatic rings. The Morgan fingerprint density at radius 3 is 2.28 bits per heavy atom. The Balaban J connectivity index is 1.32. The summed E-state index contributed by atoms with van der Waals surface area (Å²) in [4.78, 5) is 95.8. The zero-order valence-electron chi connectivity index (χ0n) is 46.9. The van der Waals surface area contributed by atoms with Gasteiger partial charge in [-0.1, -0.05) is 59.8 Å². The summed E-state index contributed by atoms with van der Waals surface area (Å²) in [6.07, 6.45) is 5.23. The van der Waals surface area contributed by atoms with E-state index >= 15 is 4.79 Å². The second-order valence-electron chi connectivity index (χ2n) is 21.5. The molecule has 22 nitrogen and oxygen atoms in total. The minimum Gasteiger partial charge on any atom is -0.507 e. The van der Waals surface area contributed by atoms with Crippen molar-refractivity contribution < 1.29 is 72.4 Å². The van der Waals surface area contributed by atoms with Gasteiger partial charge in [-0.3, -0.25) is 29.1 Å². The number of methoxy groups -OCH3 is 1. The molecule has 5 N–H and O–H groups in total. The number of rotatable bonds is 10. The molecule has 22 heteroatoms. The van der Waals surface area contributed by atoms with Crippen molar-refractivity contribution in [1.29, 1.82) is 0 Å². The number of esters is 3. The fraction of sp³-hybridized carbons (Fsp3) is 0.458. The largest absolute Gasteiger partial charge is 0.507 e.